The highest BCUT2D eigenvalue weighted by molar-refractivity contribution is 7.99. The predicted molar refractivity (Wildman–Crippen MR) is 67.0 cm³/mol. The number of aromatic nitrogens is 3. The minimum absolute atomic E-state index is 0.0352. The van der Waals surface area contributed by atoms with E-state index in [0.717, 1.165) is 18.2 Å². The van der Waals surface area contributed by atoms with Crippen LogP contribution >= 0.6 is 11.8 Å². The van der Waals surface area contributed by atoms with E-state index in [2.05, 4.69) is 24.0 Å². The van der Waals surface area contributed by atoms with Crippen molar-refractivity contribution in [2.24, 2.45) is 5.92 Å². The molecule has 1 rings (SSSR count). The molecule has 1 unspecified atom stereocenters. The number of carboxylic acid groups (broad SMARTS) is 1. The lowest BCUT2D eigenvalue weighted by Gasteiger charge is -2.18. The maximum Gasteiger partial charge on any atom is 0.313 e. The third-order valence-corrected chi connectivity index (χ3v) is 3.20. The number of carboxylic acids is 1. The van der Waals surface area contributed by atoms with E-state index >= 15 is 0 Å². The Kier molecular flexibility index (Phi) is 4.80. The summed E-state index contributed by atoms with van der Waals surface area (Å²) in [6.07, 6.45) is 0.947. The number of carbonyl (C=O) groups is 1. The first kappa shape index (κ1) is 13.8. The van der Waals surface area contributed by atoms with Crippen molar-refractivity contribution < 1.29 is 9.90 Å². The van der Waals surface area contributed by atoms with Crippen LogP contribution in [0.3, 0.4) is 0 Å². The molecule has 0 aliphatic rings. The summed E-state index contributed by atoms with van der Waals surface area (Å²) in [5.74, 6) is -0.0400. The van der Waals surface area contributed by atoms with Crippen LogP contribution in [0.4, 0.5) is 5.95 Å². The largest absolute Gasteiger partial charge is 0.481 e. The van der Waals surface area contributed by atoms with Gasteiger partial charge in [-0.2, -0.15) is 0 Å². The monoisotopic (exact) mass is 258 g/mol. The van der Waals surface area contributed by atoms with Crippen molar-refractivity contribution in [3.63, 3.8) is 0 Å². The van der Waals surface area contributed by atoms with E-state index in [4.69, 9.17) is 10.8 Å². The molecule has 1 atom stereocenters. The number of thioether (sulfide) groups is 1. The molecule has 0 saturated carbocycles. The second-order valence-corrected chi connectivity index (χ2v) is 5.31. The van der Waals surface area contributed by atoms with Gasteiger partial charge in [-0.05, 0) is 19.3 Å². The maximum atomic E-state index is 10.5. The van der Waals surface area contributed by atoms with Crippen LogP contribution in [0.2, 0.25) is 0 Å². The standard InChI is InChI=1S/C10H18N4O2S/c1-6(2)4-7(3)14-9(11)12-13-10(14)17-5-8(15)16/h6-7H,4-5H2,1-3H3,(H2,11,12)(H,15,16). The van der Waals surface area contributed by atoms with E-state index in [1.807, 2.05) is 6.92 Å². The molecule has 1 aromatic rings. The SMILES string of the molecule is CC(C)CC(C)n1c(N)nnc1SCC(=O)O. The lowest BCUT2D eigenvalue weighted by atomic mass is 10.1. The van der Waals surface area contributed by atoms with Crippen molar-refractivity contribution >= 4 is 23.7 Å². The van der Waals surface area contributed by atoms with Gasteiger partial charge in [-0.1, -0.05) is 25.6 Å². The number of rotatable bonds is 6. The summed E-state index contributed by atoms with van der Waals surface area (Å²) in [6.45, 7) is 6.28. The summed E-state index contributed by atoms with van der Waals surface area (Å²) in [5, 5.41) is 16.9. The zero-order valence-corrected chi connectivity index (χ0v) is 11.1. The van der Waals surface area contributed by atoms with Gasteiger partial charge in [-0.3, -0.25) is 9.36 Å². The molecular formula is C10H18N4O2S. The molecule has 0 aliphatic heterocycles. The normalized spacial score (nSPS) is 12.9. The van der Waals surface area contributed by atoms with E-state index in [0.29, 0.717) is 17.0 Å². The molecule has 0 spiro atoms. The molecule has 7 heteroatoms. The van der Waals surface area contributed by atoms with E-state index in [1.54, 1.807) is 4.57 Å². The molecular weight excluding hydrogens is 240 g/mol. The first-order chi connectivity index (χ1) is 7.91. The minimum atomic E-state index is -0.875. The quantitative estimate of drug-likeness (QED) is 0.753. The van der Waals surface area contributed by atoms with Crippen LogP contribution in [0, 0.1) is 5.92 Å². The van der Waals surface area contributed by atoms with Gasteiger partial charge in [0.1, 0.15) is 0 Å². The van der Waals surface area contributed by atoms with E-state index < -0.39 is 5.97 Å². The molecule has 0 fully saturated rings. The molecule has 17 heavy (non-hydrogen) atoms. The number of nitrogens with zero attached hydrogens (tertiary/aromatic N) is 3. The van der Waals surface area contributed by atoms with Gasteiger partial charge in [-0.15, -0.1) is 10.2 Å². The number of anilines is 1. The van der Waals surface area contributed by atoms with Gasteiger partial charge >= 0.3 is 5.97 Å². The molecule has 0 aromatic carbocycles. The summed E-state index contributed by atoms with van der Waals surface area (Å²) in [5.41, 5.74) is 5.75. The lowest BCUT2D eigenvalue weighted by Crippen LogP contribution is -2.13. The zero-order chi connectivity index (χ0) is 13.0. The molecule has 96 valence electrons. The van der Waals surface area contributed by atoms with Gasteiger partial charge in [0, 0.05) is 6.04 Å². The average molecular weight is 258 g/mol. The second kappa shape index (κ2) is 5.90. The summed E-state index contributed by atoms with van der Waals surface area (Å²) in [6, 6.07) is 0.168. The zero-order valence-electron chi connectivity index (χ0n) is 10.3. The number of aliphatic carboxylic acids is 1. The Bertz CT molecular complexity index is 392. The third kappa shape index (κ3) is 3.92. The molecule has 0 aliphatic carbocycles. The Morgan fingerprint density at radius 1 is 1.47 bits per heavy atom. The van der Waals surface area contributed by atoms with Crippen molar-refractivity contribution in [1.82, 2.24) is 14.8 Å². The fraction of sp³-hybridized carbons (Fsp3) is 0.700. The van der Waals surface area contributed by atoms with Crippen molar-refractivity contribution in [2.45, 2.75) is 38.4 Å². The first-order valence-corrected chi connectivity index (χ1v) is 6.45. The highest BCUT2D eigenvalue weighted by atomic mass is 32.2. The summed E-state index contributed by atoms with van der Waals surface area (Å²) in [7, 11) is 0. The van der Waals surface area contributed by atoms with Crippen molar-refractivity contribution in [2.75, 3.05) is 11.5 Å². The highest BCUT2D eigenvalue weighted by Crippen LogP contribution is 2.26. The van der Waals surface area contributed by atoms with Gasteiger partial charge in [-0.25, -0.2) is 0 Å². The third-order valence-electron chi connectivity index (χ3n) is 2.27. The first-order valence-electron chi connectivity index (χ1n) is 5.46. The smallest absolute Gasteiger partial charge is 0.313 e. The highest BCUT2D eigenvalue weighted by Gasteiger charge is 2.17. The molecule has 3 N–H and O–H groups in total. The van der Waals surface area contributed by atoms with Gasteiger partial charge in [0.2, 0.25) is 5.95 Å². The second-order valence-electron chi connectivity index (χ2n) is 4.37. The van der Waals surface area contributed by atoms with Crippen molar-refractivity contribution in [3.8, 4) is 0 Å². The van der Waals surface area contributed by atoms with Gasteiger partial charge in [0.15, 0.2) is 5.16 Å². The minimum Gasteiger partial charge on any atom is -0.481 e. The van der Waals surface area contributed by atoms with Gasteiger partial charge in [0.25, 0.3) is 0 Å². The number of nitrogen functional groups attached to an aromatic ring is 1. The molecule has 0 radical (unpaired) electrons. The topological polar surface area (TPSA) is 94.0 Å². The van der Waals surface area contributed by atoms with E-state index in [1.165, 1.54) is 0 Å². The molecule has 1 aromatic heterocycles. The summed E-state index contributed by atoms with van der Waals surface area (Å²) < 4.78 is 1.80. The fourth-order valence-electron chi connectivity index (χ4n) is 1.72. The Labute approximate surface area is 105 Å². The predicted octanol–water partition coefficient (Wildman–Crippen LogP) is 1.64. The number of nitrogens with two attached hydrogens (primary N) is 1. The lowest BCUT2D eigenvalue weighted by molar-refractivity contribution is -0.133. The van der Waals surface area contributed by atoms with Crippen molar-refractivity contribution in [3.05, 3.63) is 0 Å². The summed E-state index contributed by atoms with van der Waals surface area (Å²) in [4.78, 5) is 10.5. The Morgan fingerprint density at radius 2 is 2.12 bits per heavy atom. The van der Waals surface area contributed by atoms with Crippen molar-refractivity contribution in [1.29, 1.82) is 0 Å². The van der Waals surface area contributed by atoms with Crippen LogP contribution in [0.1, 0.15) is 33.2 Å². The van der Waals surface area contributed by atoms with Crippen LogP contribution in [0.15, 0.2) is 5.16 Å². The van der Waals surface area contributed by atoms with E-state index in [-0.39, 0.29) is 11.8 Å². The van der Waals surface area contributed by atoms with Crippen LogP contribution in [-0.2, 0) is 4.79 Å². The molecule has 6 nitrogen and oxygen atoms in total. The van der Waals surface area contributed by atoms with Crippen LogP contribution in [0.25, 0.3) is 0 Å². The molecule has 0 bridgehead atoms. The fourth-order valence-corrected chi connectivity index (χ4v) is 2.48. The molecule has 0 amide bonds. The molecule has 0 saturated heterocycles. The summed E-state index contributed by atoms with van der Waals surface area (Å²) >= 11 is 1.14. The average Bonchev–Trinajstić information content (AvgIpc) is 2.55. The Balaban J connectivity index is 2.81. The van der Waals surface area contributed by atoms with Gasteiger partial charge < -0.3 is 10.8 Å². The van der Waals surface area contributed by atoms with Crippen LogP contribution in [0.5, 0.6) is 0 Å². The maximum absolute atomic E-state index is 10.5. The Morgan fingerprint density at radius 3 is 2.65 bits per heavy atom. The van der Waals surface area contributed by atoms with Crippen LogP contribution in [-0.4, -0.2) is 31.6 Å². The number of hydrogen-bond acceptors (Lipinski definition) is 5. The Hall–Kier alpha value is -1.24. The van der Waals surface area contributed by atoms with Crippen LogP contribution < -0.4 is 5.73 Å². The van der Waals surface area contributed by atoms with E-state index in [9.17, 15) is 4.79 Å². The van der Waals surface area contributed by atoms with Gasteiger partial charge in [0.05, 0.1) is 5.75 Å². The molecule has 1 heterocycles. The number of hydrogen-bond donors (Lipinski definition) is 2.